The average molecular weight is 312 g/mol. The van der Waals surface area contributed by atoms with Gasteiger partial charge in [0.25, 0.3) is 0 Å². The van der Waals surface area contributed by atoms with Crippen LogP contribution >= 0.6 is 0 Å². The van der Waals surface area contributed by atoms with E-state index in [1.807, 2.05) is 24.3 Å². The van der Waals surface area contributed by atoms with Crippen molar-refractivity contribution in [1.82, 2.24) is 15.1 Å². The van der Waals surface area contributed by atoms with Gasteiger partial charge in [-0.3, -0.25) is 0 Å². The zero-order chi connectivity index (χ0) is 16.2. The maximum atomic E-state index is 6.11. The Morgan fingerprint density at radius 2 is 1.78 bits per heavy atom. The molecule has 0 bridgehead atoms. The first-order chi connectivity index (χ1) is 11.2. The summed E-state index contributed by atoms with van der Waals surface area (Å²) in [7, 11) is 1.62. The maximum absolute atomic E-state index is 6.11. The molecule has 1 aromatic carbocycles. The molecular formula is C15H16N6O2. The van der Waals surface area contributed by atoms with E-state index in [9.17, 15) is 0 Å². The fourth-order valence-electron chi connectivity index (χ4n) is 1.95. The zero-order valence-corrected chi connectivity index (χ0v) is 12.7. The highest BCUT2D eigenvalue weighted by Gasteiger charge is 2.10. The Morgan fingerprint density at radius 1 is 1.09 bits per heavy atom. The van der Waals surface area contributed by atoms with Crippen molar-refractivity contribution in [3.63, 3.8) is 0 Å². The van der Waals surface area contributed by atoms with E-state index in [4.69, 9.17) is 15.0 Å². The van der Waals surface area contributed by atoms with Crippen molar-refractivity contribution < 1.29 is 9.26 Å². The van der Waals surface area contributed by atoms with E-state index >= 15 is 0 Å². The monoisotopic (exact) mass is 312 g/mol. The molecule has 0 saturated carbocycles. The van der Waals surface area contributed by atoms with E-state index < -0.39 is 0 Å². The Bertz CT molecular complexity index is 800. The van der Waals surface area contributed by atoms with Gasteiger partial charge in [0.15, 0.2) is 17.5 Å². The van der Waals surface area contributed by atoms with Gasteiger partial charge < -0.3 is 25.6 Å². The molecule has 0 aliphatic heterocycles. The number of ether oxygens (including phenoxy) is 1. The van der Waals surface area contributed by atoms with Gasteiger partial charge in [-0.15, -0.1) is 0 Å². The van der Waals surface area contributed by atoms with Crippen LogP contribution in [0.15, 0.2) is 41.2 Å². The van der Waals surface area contributed by atoms with Gasteiger partial charge in [-0.25, -0.2) is 9.97 Å². The SMILES string of the molecule is COc1ccc(Nc2ncnc(Nc3cc(C)on3)c2N)cc1. The van der Waals surface area contributed by atoms with Gasteiger partial charge in [0, 0.05) is 11.8 Å². The summed E-state index contributed by atoms with van der Waals surface area (Å²) in [5.41, 5.74) is 7.32. The summed E-state index contributed by atoms with van der Waals surface area (Å²) in [4.78, 5) is 8.28. The third kappa shape index (κ3) is 3.31. The second kappa shape index (κ2) is 6.22. The first-order valence-electron chi connectivity index (χ1n) is 6.87. The lowest BCUT2D eigenvalue weighted by Gasteiger charge is -2.11. The summed E-state index contributed by atoms with van der Waals surface area (Å²) >= 11 is 0. The van der Waals surface area contributed by atoms with Gasteiger partial charge in [-0.1, -0.05) is 5.16 Å². The van der Waals surface area contributed by atoms with Crippen molar-refractivity contribution in [2.24, 2.45) is 0 Å². The minimum Gasteiger partial charge on any atom is -0.497 e. The molecule has 0 atom stereocenters. The van der Waals surface area contributed by atoms with E-state index in [1.165, 1.54) is 6.33 Å². The summed E-state index contributed by atoms with van der Waals surface area (Å²) in [5, 5.41) is 9.98. The number of benzene rings is 1. The molecule has 2 aromatic heterocycles. The maximum Gasteiger partial charge on any atom is 0.175 e. The van der Waals surface area contributed by atoms with Crippen LogP contribution in [0, 0.1) is 6.92 Å². The van der Waals surface area contributed by atoms with Crippen LogP contribution in [-0.2, 0) is 0 Å². The first-order valence-corrected chi connectivity index (χ1v) is 6.87. The lowest BCUT2D eigenvalue weighted by atomic mass is 10.3. The summed E-state index contributed by atoms with van der Waals surface area (Å²) in [5.74, 6) is 2.94. The number of nitrogens with two attached hydrogens (primary N) is 1. The van der Waals surface area contributed by atoms with Crippen LogP contribution in [0.1, 0.15) is 5.76 Å². The number of nitrogen functional groups attached to an aromatic ring is 1. The molecule has 0 aliphatic carbocycles. The normalized spacial score (nSPS) is 10.3. The van der Waals surface area contributed by atoms with E-state index in [0.29, 0.717) is 28.9 Å². The van der Waals surface area contributed by atoms with E-state index in [1.54, 1.807) is 20.1 Å². The molecule has 8 nitrogen and oxygen atoms in total. The Labute approximate surface area is 132 Å². The topological polar surface area (TPSA) is 111 Å². The van der Waals surface area contributed by atoms with Gasteiger partial charge in [0.05, 0.1) is 7.11 Å². The third-order valence-corrected chi connectivity index (χ3v) is 3.11. The highest BCUT2D eigenvalue weighted by Crippen LogP contribution is 2.28. The van der Waals surface area contributed by atoms with Crippen molar-refractivity contribution in [3.05, 3.63) is 42.4 Å². The van der Waals surface area contributed by atoms with Crippen LogP contribution in [0.5, 0.6) is 5.75 Å². The molecule has 118 valence electrons. The number of rotatable bonds is 5. The molecule has 0 fully saturated rings. The molecule has 2 heterocycles. The molecule has 8 heteroatoms. The first kappa shape index (κ1) is 14.6. The van der Waals surface area contributed by atoms with Crippen molar-refractivity contribution >= 4 is 28.8 Å². The lowest BCUT2D eigenvalue weighted by molar-refractivity contribution is 0.400. The largest absolute Gasteiger partial charge is 0.497 e. The molecule has 0 spiro atoms. The van der Waals surface area contributed by atoms with Crippen molar-refractivity contribution in [1.29, 1.82) is 0 Å². The average Bonchev–Trinajstić information content (AvgIpc) is 2.97. The van der Waals surface area contributed by atoms with Crippen molar-refractivity contribution in [2.75, 3.05) is 23.5 Å². The number of aryl methyl sites for hydroxylation is 1. The molecule has 3 aromatic rings. The molecular weight excluding hydrogens is 296 g/mol. The minimum atomic E-state index is 0.379. The molecule has 23 heavy (non-hydrogen) atoms. The van der Waals surface area contributed by atoms with Crippen LogP contribution in [-0.4, -0.2) is 22.2 Å². The highest BCUT2D eigenvalue weighted by molar-refractivity contribution is 5.79. The molecule has 0 unspecified atom stereocenters. The van der Waals surface area contributed by atoms with E-state index in [2.05, 4.69) is 25.8 Å². The predicted molar refractivity (Wildman–Crippen MR) is 87.2 cm³/mol. The number of hydrogen-bond acceptors (Lipinski definition) is 8. The number of hydrogen-bond donors (Lipinski definition) is 3. The molecule has 0 saturated heterocycles. The summed E-state index contributed by atoms with van der Waals surface area (Å²) in [6.07, 6.45) is 1.41. The molecule has 0 aliphatic rings. The van der Waals surface area contributed by atoms with E-state index in [0.717, 1.165) is 11.4 Å². The molecule has 0 radical (unpaired) electrons. The molecule has 0 amide bonds. The van der Waals surface area contributed by atoms with Crippen LogP contribution < -0.4 is 21.1 Å². The number of aromatic nitrogens is 3. The second-order valence-electron chi connectivity index (χ2n) is 4.79. The Balaban J connectivity index is 1.81. The van der Waals surface area contributed by atoms with Gasteiger partial charge in [0.1, 0.15) is 23.5 Å². The number of nitrogens with zero attached hydrogens (tertiary/aromatic N) is 3. The number of nitrogens with one attached hydrogen (secondary N) is 2. The fourth-order valence-corrected chi connectivity index (χ4v) is 1.95. The second-order valence-corrected chi connectivity index (χ2v) is 4.79. The fraction of sp³-hybridized carbons (Fsp3) is 0.133. The van der Waals surface area contributed by atoms with Gasteiger partial charge in [-0.2, -0.15) is 0 Å². The van der Waals surface area contributed by atoms with Crippen LogP contribution in [0.4, 0.5) is 28.8 Å². The molecule has 4 N–H and O–H groups in total. The molecule has 3 rings (SSSR count). The Kier molecular flexibility index (Phi) is 3.96. The van der Waals surface area contributed by atoms with Gasteiger partial charge in [0.2, 0.25) is 0 Å². The van der Waals surface area contributed by atoms with Crippen molar-refractivity contribution in [2.45, 2.75) is 6.92 Å². The lowest BCUT2D eigenvalue weighted by Crippen LogP contribution is -2.05. The van der Waals surface area contributed by atoms with Crippen LogP contribution in [0.2, 0.25) is 0 Å². The predicted octanol–water partition coefficient (Wildman–Crippen LogP) is 2.85. The van der Waals surface area contributed by atoms with Gasteiger partial charge in [-0.05, 0) is 31.2 Å². The summed E-state index contributed by atoms with van der Waals surface area (Å²) < 4.78 is 10.1. The third-order valence-electron chi connectivity index (χ3n) is 3.11. The van der Waals surface area contributed by atoms with Crippen LogP contribution in [0.25, 0.3) is 0 Å². The number of anilines is 5. The van der Waals surface area contributed by atoms with Gasteiger partial charge >= 0.3 is 0 Å². The Morgan fingerprint density at radius 3 is 2.39 bits per heavy atom. The zero-order valence-electron chi connectivity index (χ0n) is 12.7. The smallest absolute Gasteiger partial charge is 0.175 e. The quantitative estimate of drug-likeness (QED) is 0.659. The Hall–Kier alpha value is -3.29. The van der Waals surface area contributed by atoms with E-state index in [-0.39, 0.29) is 0 Å². The highest BCUT2D eigenvalue weighted by atomic mass is 16.5. The summed E-state index contributed by atoms with van der Waals surface area (Å²) in [6.45, 7) is 1.80. The van der Waals surface area contributed by atoms with Crippen LogP contribution in [0.3, 0.4) is 0 Å². The number of methoxy groups -OCH3 is 1. The standard InChI is InChI=1S/C15H16N6O2/c1-9-7-12(21-23-9)20-15-13(16)14(17-8-18-15)19-10-3-5-11(22-2)6-4-10/h3-8H,16H2,1-2H3,(H2,17,18,19,20,21). The van der Waals surface area contributed by atoms with Crippen molar-refractivity contribution in [3.8, 4) is 5.75 Å². The summed E-state index contributed by atoms with van der Waals surface area (Å²) in [6, 6.07) is 9.18. The minimum absolute atomic E-state index is 0.379.